The summed E-state index contributed by atoms with van der Waals surface area (Å²) in [6, 6.07) is 5.21. The van der Waals surface area contributed by atoms with E-state index in [2.05, 4.69) is 22.5 Å². The Bertz CT molecular complexity index is 794. The smallest absolute Gasteiger partial charge is 0.338 e. The van der Waals surface area contributed by atoms with Gasteiger partial charge in [0.05, 0.1) is 16.9 Å². The number of anilines is 2. The highest BCUT2D eigenvalue weighted by molar-refractivity contribution is 6.05. The molecule has 0 bridgehead atoms. The number of fused-ring (bicyclic) bond motifs is 3. The Morgan fingerprint density at radius 1 is 1.21 bits per heavy atom. The number of hydrogen-bond donors (Lipinski definition) is 2. The van der Waals surface area contributed by atoms with Crippen molar-refractivity contribution in [3.63, 3.8) is 0 Å². The van der Waals surface area contributed by atoms with Crippen LogP contribution in [-0.2, 0) is 14.3 Å². The van der Waals surface area contributed by atoms with E-state index < -0.39 is 5.97 Å². The van der Waals surface area contributed by atoms with Crippen molar-refractivity contribution in [3.05, 3.63) is 23.8 Å². The van der Waals surface area contributed by atoms with Crippen LogP contribution in [0.5, 0.6) is 0 Å². The molecule has 0 unspecified atom stereocenters. The molecule has 150 valence electrons. The zero-order valence-electron chi connectivity index (χ0n) is 16.2. The van der Waals surface area contributed by atoms with E-state index >= 15 is 0 Å². The molecule has 1 saturated heterocycles. The highest BCUT2D eigenvalue weighted by Gasteiger charge is 2.36. The molecular formula is C21H27N3O4. The zero-order chi connectivity index (χ0) is 19.7. The van der Waals surface area contributed by atoms with Crippen LogP contribution < -0.4 is 15.5 Å². The predicted molar refractivity (Wildman–Crippen MR) is 105 cm³/mol. The summed E-state index contributed by atoms with van der Waals surface area (Å²) in [4.78, 5) is 38.8. The summed E-state index contributed by atoms with van der Waals surface area (Å²) in [5.41, 5.74) is 1.89. The zero-order valence-corrected chi connectivity index (χ0v) is 16.2. The van der Waals surface area contributed by atoms with Gasteiger partial charge in [0.2, 0.25) is 5.91 Å². The Labute approximate surface area is 164 Å². The van der Waals surface area contributed by atoms with Crippen molar-refractivity contribution < 1.29 is 19.1 Å². The van der Waals surface area contributed by atoms with Gasteiger partial charge in [0.1, 0.15) is 6.04 Å². The molecule has 4 rings (SSSR count). The van der Waals surface area contributed by atoms with Gasteiger partial charge >= 0.3 is 5.97 Å². The molecule has 2 fully saturated rings. The Kier molecular flexibility index (Phi) is 5.24. The van der Waals surface area contributed by atoms with Crippen molar-refractivity contribution in [1.82, 2.24) is 5.32 Å². The van der Waals surface area contributed by atoms with Crippen LogP contribution in [0.2, 0.25) is 0 Å². The van der Waals surface area contributed by atoms with E-state index in [9.17, 15) is 14.4 Å². The molecule has 2 aliphatic heterocycles. The summed E-state index contributed by atoms with van der Waals surface area (Å²) in [7, 11) is 0. The number of hydrogen-bond acceptors (Lipinski definition) is 5. The van der Waals surface area contributed by atoms with Crippen molar-refractivity contribution in [3.8, 4) is 0 Å². The minimum Gasteiger partial charge on any atom is -0.452 e. The average Bonchev–Trinajstić information content (AvgIpc) is 3.18. The summed E-state index contributed by atoms with van der Waals surface area (Å²) in [5.74, 6) is -0.408. The number of carbonyl (C=O) groups is 3. The third kappa shape index (κ3) is 3.70. The van der Waals surface area contributed by atoms with E-state index in [0.717, 1.165) is 44.3 Å². The van der Waals surface area contributed by atoms with E-state index in [1.807, 2.05) is 6.07 Å². The monoisotopic (exact) mass is 385 g/mol. The lowest BCUT2D eigenvalue weighted by Crippen LogP contribution is -2.44. The first kappa shape index (κ1) is 18.8. The maximum atomic E-state index is 12.4. The van der Waals surface area contributed by atoms with Crippen LogP contribution >= 0.6 is 0 Å². The summed E-state index contributed by atoms with van der Waals surface area (Å²) in [6.07, 6.45) is 6.25. The predicted octanol–water partition coefficient (Wildman–Crippen LogP) is 2.46. The van der Waals surface area contributed by atoms with Crippen LogP contribution in [0.1, 0.15) is 55.8 Å². The number of amides is 2. The molecule has 28 heavy (non-hydrogen) atoms. The van der Waals surface area contributed by atoms with Gasteiger partial charge in [-0.3, -0.25) is 9.59 Å². The molecule has 7 heteroatoms. The van der Waals surface area contributed by atoms with Gasteiger partial charge in [0.25, 0.3) is 5.91 Å². The molecular weight excluding hydrogens is 358 g/mol. The van der Waals surface area contributed by atoms with Gasteiger partial charge in [-0.2, -0.15) is 0 Å². The van der Waals surface area contributed by atoms with Crippen LogP contribution in [0.25, 0.3) is 0 Å². The molecule has 1 aromatic rings. The van der Waals surface area contributed by atoms with Crippen LogP contribution in [0.3, 0.4) is 0 Å². The van der Waals surface area contributed by atoms with Crippen LogP contribution in [0.15, 0.2) is 18.2 Å². The average molecular weight is 385 g/mol. The number of nitrogens with zero attached hydrogens (tertiary/aromatic N) is 1. The highest BCUT2D eigenvalue weighted by atomic mass is 16.5. The molecule has 0 aromatic heterocycles. The molecule has 0 radical (unpaired) electrons. The Morgan fingerprint density at radius 3 is 2.86 bits per heavy atom. The molecule has 3 aliphatic rings. The van der Waals surface area contributed by atoms with E-state index in [1.165, 1.54) is 6.42 Å². The summed E-state index contributed by atoms with van der Waals surface area (Å²) in [5, 5.41) is 5.86. The molecule has 0 spiro atoms. The lowest BCUT2D eigenvalue weighted by atomic mass is 9.86. The minimum absolute atomic E-state index is 0.0310. The summed E-state index contributed by atoms with van der Waals surface area (Å²) in [6.45, 7) is 2.69. The Balaban J connectivity index is 1.36. The van der Waals surface area contributed by atoms with Crippen LogP contribution in [0, 0.1) is 5.92 Å². The van der Waals surface area contributed by atoms with Crippen LogP contribution in [-0.4, -0.2) is 43.0 Å². The molecule has 1 saturated carbocycles. The van der Waals surface area contributed by atoms with E-state index in [1.54, 1.807) is 12.1 Å². The number of esters is 1. The lowest BCUT2D eigenvalue weighted by Gasteiger charge is -2.33. The largest absolute Gasteiger partial charge is 0.452 e. The first-order valence-corrected chi connectivity index (χ1v) is 10.2. The van der Waals surface area contributed by atoms with Crippen molar-refractivity contribution in [2.75, 3.05) is 23.4 Å². The number of rotatable bonds is 4. The van der Waals surface area contributed by atoms with Gasteiger partial charge in [0.15, 0.2) is 6.61 Å². The second-order valence-electron chi connectivity index (χ2n) is 8.08. The number of nitrogens with one attached hydrogen (secondary N) is 2. The molecule has 7 nitrogen and oxygen atoms in total. The first-order valence-electron chi connectivity index (χ1n) is 10.2. The quantitative estimate of drug-likeness (QED) is 0.778. The van der Waals surface area contributed by atoms with Crippen molar-refractivity contribution in [2.45, 2.75) is 57.5 Å². The molecule has 2 N–H and O–H groups in total. The number of carbonyl (C=O) groups excluding carboxylic acids is 3. The summed E-state index contributed by atoms with van der Waals surface area (Å²) >= 11 is 0. The van der Waals surface area contributed by atoms with E-state index in [4.69, 9.17) is 4.74 Å². The van der Waals surface area contributed by atoms with Crippen molar-refractivity contribution >= 4 is 29.2 Å². The summed E-state index contributed by atoms with van der Waals surface area (Å²) < 4.78 is 5.19. The highest BCUT2D eigenvalue weighted by Crippen LogP contribution is 2.37. The second-order valence-corrected chi connectivity index (χ2v) is 8.08. The Hall–Kier alpha value is -2.57. The van der Waals surface area contributed by atoms with Gasteiger partial charge in [0, 0.05) is 12.6 Å². The maximum Gasteiger partial charge on any atom is 0.338 e. The third-order valence-electron chi connectivity index (χ3n) is 6.15. The van der Waals surface area contributed by atoms with Gasteiger partial charge in [-0.1, -0.05) is 19.8 Å². The van der Waals surface area contributed by atoms with Crippen molar-refractivity contribution in [2.24, 2.45) is 5.92 Å². The van der Waals surface area contributed by atoms with Crippen LogP contribution in [0.4, 0.5) is 11.4 Å². The fourth-order valence-corrected chi connectivity index (χ4v) is 4.55. The Morgan fingerprint density at radius 2 is 2.04 bits per heavy atom. The normalized spacial score (nSPS) is 26.1. The number of benzene rings is 1. The van der Waals surface area contributed by atoms with E-state index in [0.29, 0.717) is 17.2 Å². The fourth-order valence-electron chi connectivity index (χ4n) is 4.55. The van der Waals surface area contributed by atoms with Gasteiger partial charge < -0.3 is 20.3 Å². The van der Waals surface area contributed by atoms with E-state index in [-0.39, 0.29) is 30.5 Å². The standard InChI is InChI=1S/C21H27N3O4/c1-13-5-2-3-6-15(13)22-19(25)12-28-21(27)14-8-9-17-16(11-14)23-20(26)18-7-4-10-24(17)18/h8-9,11,13,15,18H,2-7,10,12H2,1H3,(H,22,25)(H,23,26)/t13-,15+,18-/m1/s1. The first-order chi connectivity index (χ1) is 13.5. The molecule has 1 aromatic carbocycles. The SMILES string of the molecule is C[C@@H]1CCCC[C@@H]1NC(=O)COC(=O)c1ccc2c(c1)NC(=O)[C@H]1CCCN21. The number of ether oxygens (including phenoxy) is 1. The maximum absolute atomic E-state index is 12.4. The molecule has 1 aliphatic carbocycles. The lowest BCUT2D eigenvalue weighted by molar-refractivity contribution is -0.125. The van der Waals surface area contributed by atoms with Gasteiger partial charge in [-0.25, -0.2) is 4.79 Å². The van der Waals surface area contributed by atoms with Crippen molar-refractivity contribution in [1.29, 1.82) is 0 Å². The van der Waals surface area contributed by atoms with Gasteiger partial charge in [-0.05, 0) is 49.8 Å². The minimum atomic E-state index is -0.563. The third-order valence-corrected chi connectivity index (χ3v) is 6.15. The molecule has 2 amide bonds. The molecule has 2 heterocycles. The molecule has 3 atom stereocenters. The second kappa shape index (κ2) is 7.81. The van der Waals surface area contributed by atoms with Gasteiger partial charge in [-0.15, -0.1) is 0 Å². The topological polar surface area (TPSA) is 87.7 Å². The fraction of sp³-hybridized carbons (Fsp3) is 0.571.